The number of pyridine rings is 1. The Balaban J connectivity index is 1.33. The number of alkyl halides is 3. The topological polar surface area (TPSA) is 113 Å². The standard InChI is InChI=1S/C30H27F5N8O2/c1-17-37-27(18-2-4-20(31)5-3-18)28(43(17)21-9-12-41(13-10-21)15-23(44)30(33,34)35)22-6-7-26-38-25(16-42(26)40-22)39-29(45)19-8-11-36-24(32)14-19/h2-8,11,14,16,21,23,44H,9-10,12-13,15H2,1H3,(H,39,45)/t23-/m1/s1. The summed E-state index contributed by atoms with van der Waals surface area (Å²) < 4.78 is 69.6. The summed E-state index contributed by atoms with van der Waals surface area (Å²) in [5.74, 6) is -0.965. The van der Waals surface area contributed by atoms with Gasteiger partial charge >= 0.3 is 6.18 Å². The molecule has 5 aromatic rings. The van der Waals surface area contributed by atoms with Crippen LogP contribution in [-0.2, 0) is 0 Å². The number of halogens is 5. The fourth-order valence-electron chi connectivity index (χ4n) is 5.55. The van der Waals surface area contributed by atoms with Crippen LogP contribution in [0, 0.1) is 18.7 Å². The van der Waals surface area contributed by atoms with Gasteiger partial charge in [-0.25, -0.2) is 23.9 Å². The Bertz CT molecular complexity index is 1850. The fourth-order valence-corrected chi connectivity index (χ4v) is 5.55. The van der Waals surface area contributed by atoms with Crippen molar-refractivity contribution >= 4 is 17.4 Å². The molecule has 1 aliphatic rings. The quantitative estimate of drug-likeness (QED) is 0.192. The average Bonchev–Trinajstić information content (AvgIpc) is 3.57. The molecule has 1 amide bonds. The molecule has 1 aliphatic heterocycles. The highest BCUT2D eigenvalue weighted by Gasteiger charge is 2.40. The minimum absolute atomic E-state index is 0.0653. The molecule has 15 heteroatoms. The molecule has 0 saturated carbocycles. The van der Waals surface area contributed by atoms with Crippen LogP contribution in [0.1, 0.15) is 35.1 Å². The molecule has 2 N–H and O–H groups in total. The number of benzene rings is 1. The molecule has 0 radical (unpaired) electrons. The van der Waals surface area contributed by atoms with Gasteiger partial charge in [0, 0.05) is 49.1 Å². The Morgan fingerprint density at radius 3 is 2.49 bits per heavy atom. The second-order valence-corrected chi connectivity index (χ2v) is 10.8. The summed E-state index contributed by atoms with van der Waals surface area (Å²) in [6.07, 6.45) is -3.43. The lowest BCUT2D eigenvalue weighted by atomic mass is 10.0. The second kappa shape index (κ2) is 12.0. The van der Waals surface area contributed by atoms with Crippen LogP contribution in [0.2, 0.25) is 0 Å². The monoisotopic (exact) mass is 626 g/mol. The molecule has 4 aromatic heterocycles. The number of hydrogen-bond donors (Lipinski definition) is 2. The van der Waals surface area contributed by atoms with E-state index >= 15 is 0 Å². The molecular formula is C30H27F5N8O2. The Labute approximate surface area is 253 Å². The average molecular weight is 627 g/mol. The van der Waals surface area contributed by atoms with Crippen molar-refractivity contribution in [2.24, 2.45) is 0 Å². The number of rotatable bonds is 7. The van der Waals surface area contributed by atoms with E-state index in [-0.39, 0.29) is 17.4 Å². The number of β-amino-alcohol motifs (C(OH)–C–C–N with tert-alkyl or cyclic N) is 1. The van der Waals surface area contributed by atoms with Crippen LogP contribution in [0.4, 0.5) is 27.8 Å². The van der Waals surface area contributed by atoms with Gasteiger partial charge in [-0.05, 0) is 62.2 Å². The molecular weight excluding hydrogens is 599 g/mol. The van der Waals surface area contributed by atoms with Crippen molar-refractivity contribution in [3.05, 3.63) is 84.1 Å². The number of nitrogens with one attached hydrogen (secondary N) is 1. The lowest BCUT2D eigenvalue weighted by molar-refractivity contribution is -0.208. The molecule has 1 aromatic carbocycles. The zero-order valence-corrected chi connectivity index (χ0v) is 23.8. The smallest absolute Gasteiger partial charge is 0.382 e. The number of amides is 1. The van der Waals surface area contributed by atoms with Crippen molar-refractivity contribution in [2.75, 3.05) is 25.0 Å². The number of aromatic nitrogens is 6. The predicted molar refractivity (Wildman–Crippen MR) is 153 cm³/mol. The van der Waals surface area contributed by atoms with Gasteiger partial charge in [0.1, 0.15) is 17.3 Å². The summed E-state index contributed by atoms with van der Waals surface area (Å²) in [4.78, 5) is 26.9. The van der Waals surface area contributed by atoms with E-state index in [1.807, 2.05) is 11.5 Å². The number of piperidine rings is 1. The van der Waals surface area contributed by atoms with E-state index in [0.29, 0.717) is 60.0 Å². The number of anilines is 1. The zero-order valence-electron chi connectivity index (χ0n) is 23.8. The summed E-state index contributed by atoms with van der Waals surface area (Å²) in [5, 5.41) is 16.9. The van der Waals surface area contributed by atoms with Gasteiger partial charge < -0.3 is 19.9 Å². The highest BCUT2D eigenvalue weighted by Crippen LogP contribution is 2.37. The van der Waals surface area contributed by atoms with Gasteiger partial charge in [-0.3, -0.25) is 4.79 Å². The molecule has 10 nitrogen and oxygen atoms in total. The number of imidazole rings is 2. The third kappa shape index (κ3) is 6.40. The molecule has 234 valence electrons. The lowest BCUT2D eigenvalue weighted by Crippen LogP contribution is -2.44. The van der Waals surface area contributed by atoms with Gasteiger partial charge in [0.2, 0.25) is 5.95 Å². The summed E-state index contributed by atoms with van der Waals surface area (Å²) in [5.41, 5.74) is 2.78. The molecule has 0 aliphatic carbocycles. The van der Waals surface area contributed by atoms with Crippen LogP contribution >= 0.6 is 0 Å². The van der Waals surface area contributed by atoms with Crippen molar-refractivity contribution in [3.8, 4) is 22.6 Å². The number of aliphatic hydroxyl groups excluding tert-OH is 1. The van der Waals surface area contributed by atoms with Crippen molar-refractivity contribution in [1.29, 1.82) is 0 Å². The van der Waals surface area contributed by atoms with Crippen LogP contribution < -0.4 is 5.32 Å². The van der Waals surface area contributed by atoms with Crippen LogP contribution in [0.15, 0.2) is 60.9 Å². The van der Waals surface area contributed by atoms with Crippen molar-refractivity contribution < 1.29 is 31.9 Å². The number of carbonyl (C=O) groups is 1. The number of aryl methyl sites for hydroxylation is 1. The molecule has 1 saturated heterocycles. The van der Waals surface area contributed by atoms with Crippen molar-refractivity contribution in [3.63, 3.8) is 0 Å². The van der Waals surface area contributed by atoms with Crippen LogP contribution in [0.25, 0.3) is 28.3 Å². The summed E-state index contributed by atoms with van der Waals surface area (Å²) in [7, 11) is 0. The van der Waals surface area contributed by atoms with Gasteiger partial charge in [-0.15, -0.1) is 0 Å². The van der Waals surface area contributed by atoms with E-state index in [4.69, 9.17) is 10.1 Å². The van der Waals surface area contributed by atoms with E-state index in [1.54, 1.807) is 29.2 Å². The minimum Gasteiger partial charge on any atom is -0.382 e. The van der Waals surface area contributed by atoms with E-state index in [1.165, 1.54) is 35.1 Å². The normalized spacial score (nSPS) is 15.4. The van der Waals surface area contributed by atoms with Crippen LogP contribution in [-0.4, -0.2) is 77.0 Å². The number of likely N-dealkylation sites (tertiary alicyclic amines) is 1. The van der Waals surface area contributed by atoms with E-state index in [2.05, 4.69) is 15.3 Å². The third-order valence-corrected chi connectivity index (χ3v) is 7.73. The maximum Gasteiger partial charge on any atom is 0.415 e. The number of nitrogens with zero attached hydrogens (tertiary/aromatic N) is 7. The van der Waals surface area contributed by atoms with E-state index < -0.39 is 36.5 Å². The summed E-state index contributed by atoms with van der Waals surface area (Å²) >= 11 is 0. The first kappa shape index (κ1) is 30.3. The SMILES string of the molecule is Cc1nc(-c2ccc(F)cc2)c(-c2ccc3nc(NC(=O)c4ccnc(F)c4)cn3n2)n1C1CCN(C[C@@H](O)C(F)(F)F)CC1. The first-order valence-electron chi connectivity index (χ1n) is 14.1. The van der Waals surface area contributed by atoms with Crippen molar-refractivity contribution in [1.82, 2.24) is 34.0 Å². The molecule has 1 atom stereocenters. The predicted octanol–water partition coefficient (Wildman–Crippen LogP) is 5.05. The zero-order chi connectivity index (χ0) is 31.9. The Hall–Kier alpha value is -4.76. The molecule has 0 unspecified atom stereocenters. The van der Waals surface area contributed by atoms with E-state index in [0.717, 1.165) is 6.07 Å². The Kier molecular flexibility index (Phi) is 8.05. The molecule has 45 heavy (non-hydrogen) atoms. The molecule has 1 fully saturated rings. The number of hydrogen-bond acceptors (Lipinski definition) is 7. The maximum absolute atomic E-state index is 13.8. The molecule has 5 heterocycles. The molecule has 0 bridgehead atoms. The Morgan fingerprint density at radius 2 is 1.80 bits per heavy atom. The first-order valence-corrected chi connectivity index (χ1v) is 14.1. The van der Waals surface area contributed by atoms with Gasteiger partial charge in [-0.2, -0.15) is 22.7 Å². The number of fused-ring (bicyclic) bond motifs is 1. The van der Waals surface area contributed by atoms with Crippen LogP contribution in [0.3, 0.4) is 0 Å². The largest absolute Gasteiger partial charge is 0.415 e. The number of carbonyl (C=O) groups excluding carboxylic acids is 1. The van der Waals surface area contributed by atoms with Gasteiger partial charge in [0.05, 0.1) is 17.6 Å². The lowest BCUT2D eigenvalue weighted by Gasteiger charge is -2.35. The van der Waals surface area contributed by atoms with Crippen LogP contribution in [0.5, 0.6) is 0 Å². The minimum atomic E-state index is -4.69. The van der Waals surface area contributed by atoms with Gasteiger partial charge in [-0.1, -0.05) is 0 Å². The highest BCUT2D eigenvalue weighted by molar-refractivity contribution is 6.03. The van der Waals surface area contributed by atoms with Gasteiger partial charge in [0.15, 0.2) is 17.6 Å². The summed E-state index contributed by atoms with van der Waals surface area (Å²) in [6.45, 7) is 1.99. The summed E-state index contributed by atoms with van der Waals surface area (Å²) in [6, 6.07) is 11.5. The van der Waals surface area contributed by atoms with Crippen molar-refractivity contribution in [2.45, 2.75) is 38.1 Å². The highest BCUT2D eigenvalue weighted by atomic mass is 19.4. The van der Waals surface area contributed by atoms with Gasteiger partial charge in [0.25, 0.3) is 5.91 Å². The third-order valence-electron chi connectivity index (χ3n) is 7.73. The molecule has 0 spiro atoms. The first-order chi connectivity index (χ1) is 21.5. The molecule has 6 rings (SSSR count). The number of aliphatic hydroxyl groups is 1. The fraction of sp³-hybridized carbons (Fsp3) is 0.300. The maximum atomic E-state index is 13.8. The second-order valence-electron chi connectivity index (χ2n) is 10.8. The Morgan fingerprint density at radius 1 is 1.07 bits per heavy atom. The van der Waals surface area contributed by atoms with E-state index in [9.17, 15) is 31.9 Å².